The number of nitrogens with zero attached hydrogens (tertiary/aromatic N) is 3. The van der Waals surface area contributed by atoms with Gasteiger partial charge in [-0.2, -0.15) is 18.3 Å². The zero-order chi connectivity index (χ0) is 28.2. The molecule has 11 heteroatoms. The maximum Gasteiger partial charge on any atom is 0.416 e. The molecule has 1 atom stereocenters. The predicted molar refractivity (Wildman–Crippen MR) is 143 cm³/mol. The first-order chi connectivity index (χ1) is 18.6. The van der Waals surface area contributed by atoms with Crippen LogP contribution in [0.15, 0.2) is 77.9 Å². The molecule has 0 saturated carbocycles. The molecule has 0 N–H and O–H groups in total. The van der Waals surface area contributed by atoms with Crippen molar-refractivity contribution in [2.75, 3.05) is 26.8 Å². The monoisotopic (exact) mass is 577 g/mol. The first kappa shape index (κ1) is 28.6. The van der Waals surface area contributed by atoms with Crippen LogP contribution in [0.1, 0.15) is 39.5 Å². The SMILES string of the molecule is COCCN(CC(=O)N1N=C(c2ccccc2Cl)C[C@H]1c1ccccc1Cl)C(=O)c1ccc(C(F)(F)F)cc1. The standard InChI is InChI=1S/C28H24Cl2F3N3O3/c1-39-15-14-35(27(38)18-10-12-19(13-11-18)28(31,32)33)17-26(37)36-25(21-7-3-5-9-23(21)30)16-24(34-36)20-6-2-4-8-22(20)29/h2-13,25H,14-17H2,1H3/t25-/m0/s1. The summed E-state index contributed by atoms with van der Waals surface area (Å²) in [5.41, 5.74) is 1.06. The second-order valence-electron chi connectivity index (χ2n) is 8.80. The van der Waals surface area contributed by atoms with Crippen LogP contribution in [0.25, 0.3) is 0 Å². The summed E-state index contributed by atoms with van der Waals surface area (Å²) < 4.78 is 44.0. The van der Waals surface area contributed by atoms with Crippen molar-refractivity contribution in [3.05, 3.63) is 105 Å². The molecule has 3 aromatic carbocycles. The van der Waals surface area contributed by atoms with E-state index in [0.29, 0.717) is 33.3 Å². The van der Waals surface area contributed by atoms with Crippen LogP contribution < -0.4 is 0 Å². The molecule has 1 aliphatic rings. The van der Waals surface area contributed by atoms with Crippen molar-refractivity contribution in [2.24, 2.45) is 5.10 Å². The van der Waals surface area contributed by atoms with Crippen LogP contribution in [-0.4, -0.2) is 54.2 Å². The number of alkyl halides is 3. The van der Waals surface area contributed by atoms with E-state index in [9.17, 15) is 22.8 Å². The fourth-order valence-electron chi connectivity index (χ4n) is 4.26. The number of halogens is 5. The Hall–Kier alpha value is -3.40. The van der Waals surface area contributed by atoms with E-state index < -0.39 is 29.6 Å². The summed E-state index contributed by atoms with van der Waals surface area (Å²) in [6.07, 6.45) is -4.20. The molecule has 1 heterocycles. The Bertz CT molecular complexity index is 1380. The van der Waals surface area contributed by atoms with Gasteiger partial charge >= 0.3 is 6.18 Å². The topological polar surface area (TPSA) is 62.2 Å². The Labute approximate surface area is 233 Å². The fraction of sp³-hybridized carbons (Fsp3) is 0.250. The van der Waals surface area contributed by atoms with Crippen LogP contribution in [0.5, 0.6) is 0 Å². The average molecular weight is 578 g/mol. The number of hydrogen-bond acceptors (Lipinski definition) is 4. The van der Waals surface area contributed by atoms with Crippen molar-refractivity contribution >= 4 is 40.7 Å². The lowest BCUT2D eigenvalue weighted by atomic mass is 9.98. The Kier molecular flexibility index (Phi) is 8.94. The Balaban J connectivity index is 1.64. The normalized spacial score (nSPS) is 15.3. The maximum atomic E-state index is 13.7. The molecule has 6 nitrogen and oxygen atoms in total. The van der Waals surface area contributed by atoms with Gasteiger partial charge < -0.3 is 9.64 Å². The summed E-state index contributed by atoms with van der Waals surface area (Å²) in [6, 6.07) is 17.5. The fourth-order valence-corrected chi connectivity index (χ4v) is 4.77. The van der Waals surface area contributed by atoms with E-state index in [4.69, 9.17) is 27.9 Å². The number of methoxy groups -OCH3 is 1. The van der Waals surface area contributed by atoms with Crippen LogP contribution in [0.4, 0.5) is 13.2 Å². The zero-order valence-electron chi connectivity index (χ0n) is 20.8. The lowest BCUT2D eigenvalue weighted by molar-refractivity contribution is -0.137. The molecule has 4 rings (SSSR count). The number of carbonyl (C=O) groups is 2. The van der Waals surface area contributed by atoms with Gasteiger partial charge in [0.05, 0.1) is 23.9 Å². The summed E-state index contributed by atoms with van der Waals surface area (Å²) in [4.78, 5) is 28.1. The van der Waals surface area contributed by atoms with Crippen LogP contribution in [0, 0.1) is 0 Å². The average Bonchev–Trinajstić information content (AvgIpc) is 3.36. The molecule has 3 aromatic rings. The van der Waals surface area contributed by atoms with Crippen molar-refractivity contribution in [3.63, 3.8) is 0 Å². The molecular formula is C28H24Cl2F3N3O3. The van der Waals surface area contributed by atoms with Gasteiger partial charge in [-0.15, -0.1) is 0 Å². The van der Waals surface area contributed by atoms with Crippen LogP contribution in [0.3, 0.4) is 0 Å². The van der Waals surface area contributed by atoms with Crippen LogP contribution >= 0.6 is 23.2 Å². The minimum Gasteiger partial charge on any atom is -0.383 e. The Morgan fingerprint density at radius 2 is 1.64 bits per heavy atom. The van der Waals surface area contributed by atoms with Gasteiger partial charge in [0.15, 0.2) is 0 Å². The molecule has 0 bridgehead atoms. The highest BCUT2D eigenvalue weighted by molar-refractivity contribution is 6.34. The predicted octanol–water partition coefficient (Wildman–Crippen LogP) is 6.48. The summed E-state index contributed by atoms with van der Waals surface area (Å²) in [5.74, 6) is -1.11. The molecule has 0 fully saturated rings. The summed E-state index contributed by atoms with van der Waals surface area (Å²) in [6.45, 7) is -0.237. The molecule has 0 radical (unpaired) electrons. The van der Waals surface area contributed by atoms with Gasteiger partial charge in [0.1, 0.15) is 6.54 Å². The number of amides is 2. The molecule has 204 valence electrons. The lowest BCUT2D eigenvalue weighted by Gasteiger charge is -2.27. The number of rotatable bonds is 8. The van der Waals surface area contributed by atoms with Crippen molar-refractivity contribution in [1.29, 1.82) is 0 Å². The minimum absolute atomic E-state index is 0.0104. The number of hydrazone groups is 1. The van der Waals surface area contributed by atoms with Gasteiger partial charge in [0, 0.05) is 41.2 Å². The molecule has 0 spiro atoms. The van der Waals surface area contributed by atoms with Crippen molar-refractivity contribution in [3.8, 4) is 0 Å². The van der Waals surface area contributed by atoms with Crippen molar-refractivity contribution in [2.45, 2.75) is 18.6 Å². The molecule has 0 aromatic heterocycles. The number of carbonyl (C=O) groups excluding carboxylic acids is 2. The second kappa shape index (κ2) is 12.2. The van der Waals surface area contributed by atoms with E-state index in [0.717, 1.165) is 24.3 Å². The largest absolute Gasteiger partial charge is 0.416 e. The number of ether oxygens (including phenoxy) is 1. The molecular weight excluding hydrogens is 554 g/mol. The van der Waals surface area contributed by atoms with Gasteiger partial charge in [0.2, 0.25) is 0 Å². The van der Waals surface area contributed by atoms with Crippen molar-refractivity contribution < 1.29 is 27.5 Å². The van der Waals surface area contributed by atoms with Gasteiger partial charge in [-0.3, -0.25) is 9.59 Å². The summed E-state index contributed by atoms with van der Waals surface area (Å²) in [5, 5.41) is 6.80. The maximum absolute atomic E-state index is 13.7. The van der Waals surface area contributed by atoms with E-state index >= 15 is 0 Å². The van der Waals surface area contributed by atoms with E-state index in [1.165, 1.54) is 17.0 Å². The molecule has 39 heavy (non-hydrogen) atoms. The van der Waals surface area contributed by atoms with Crippen LogP contribution in [-0.2, 0) is 15.7 Å². The van der Waals surface area contributed by atoms with Gasteiger partial charge in [0.25, 0.3) is 11.8 Å². The first-order valence-electron chi connectivity index (χ1n) is 11.9. The van der Waals surface area contributed by atoms with E-state index in [-0.39, 0.29) is 25.3 Å². The number of benzene rings is 3. The van der Waals surface area contributed by atoms with Crippen LogP contribution in [0.2, 0.25) is 10.0 Å². The molecule has 0 saturated heterocycles. The molecule has 0 aliphatic carbocycles. The summed E-state index contributed by atoms with van der Waals surface area (Å²) in [7, 11) is 1.44. The first-order valence-corrected chi connectivity index (χ1v) is 12.7. The Morgan fingerprint density at radius 1 is 1.00 bits per heavy atom. The highest BCUT2D eigenvalue weighted by atomic mass is 35.5. The van der Waals surface area contributed by atoms with Gasteiger partial charge in [-0.25, -0.2) is 5.01 Å². The van der Waals surface area contributed by atoms with E-state index in [1.54, 1.807) is 42.5 Å². The lowest BCUT2D eigenvalue weighted by Crippen LogP contribution is -2.42. The highest BCUT2D eigenvalue weighted by Crippen LogP contribution is 2.37. The third-order valence-electron chi connectivity index (χ3n) is 6.25. The van der Waals surface area contributed by atoms with Crippen molar-refractivity contribution in [1.82, 2.24) is 9.91 Å². The van der Waals surface area contributed by atoms with Gasteiger partial charge in [-0.05, 0) is 42.0 Å². The third kappa shape index (κ3) is 6.61. The summed E-state index contributed by atoms with van der Waals surface area (Å²) >= 11 is 12.9. The number of hydrogen-bond donors (Lipinski definition) is 0. The molecule has 0 unspecified atom stereocenters. The highest BCUT2D eigenvalue weighted by Gasteiger charge is 2.36. The second-order valence-corrected chi connectivity index (χ2v) is 9.62. The Morgan fingerprint density at radius 3 is 2.26 bits per heavy atom. The van der Waals surface area contributed by atoms with E-state index in [1.807, 2.05) is 6.07 Å². The zero-order valence-corrected chi connectivity index (χ0v) is 22.3. The van der Waals surface area contributed by atoms with Gasteiger partial charge in [-0.1, -0.05) is 59.6 Å². The van der Waals surface area contributed by atoms with E-state index in [2.05, 4.69) is 5.10 Å². The minimum atomic E-state index is -4.53. The molecule has 2 amide bonds. The third-order valence-corrected chi connectivity index (χ3v) is 6.93. The molecule has 1 aliphatic heterocycles. The quantitative estimate of drug-likeness (QED) is 0.308. The smallest absolute Gasteiger partial charge is 0.383 e.